The largest absolute Gasteiger partial charge is 0.484 e. The molecule has 1 aliphatic heterocycles. The van der Waals surface area contributed by atoms with E-state index in [1.807, 2.05) is 12.1 Å². The number of benzene rings is 1. The molecule has 4 nitrogen and oxygen atoms in total. The molecule has 1 aromatic carbocycles. The van der Waals surface area contributed by atoms with Gasteiger partial charge in [0.15, 0.2) is 6.61 Å². The molecule has 18 heavy (non-hydrogen) atoms. The van der Waals surface area contributed by atoms with Gasteiger partial charge in [-0.2, -0.15) is 0 Å². The van der Waals surface area contributed by atoms with Crippen LogP contribution in [0.1, 0.15) is 18.9 Å². The van der Waals surface area contributed by atoms with E-state index in [0.717, 1.165) is 12.0 Å². The van der Waals surface area contributed by atoms with Gasteiger partial charge in [0.05, 0.1) is 0 Å². The van der Waals surface area contributed by atoms with Crippen LogP contribution in [0.2, 0.25) is 0 Å². The molecule has 0 spiro atoms. The normalized spacial score (nSPS) is 13.4. The maximum atomic E-state index is 10.7. The minimum Gasteiger partial charge on any atom is -0.484 e. The minimum atomic E-state index is -0.507. The predicted molar refractivity (Wildman–Crippen MR) is 69.2 cm³/mol. The lowest BCUT2D eigenvalue weighted by molar-refractivity contribution is -0.119. The summed E-state index contributed by atoms with van der Waals surface area (Å²) in [6.45, 7) is 5.73. The average molecular weight is 245 g/mol. The topological polar surface area (TPSA) is 61.5 Å². The quantitative estimate of drug-likeness (QED) is 0.885. The molecule has 2 rings (SSSR count). The highest BCUT2D eigenvalue weighted by atomic mass is 16.5. The molecule has 4 heteroatoms. The maximum Gasteiger partial charge on any atom is 0.255 e. The molecular formula is C14H15NO3. The SMILES string of the molecule is C=C1C=C(CC)c2ccc(OCC(N)=O)cc2O1. The van der Waals surface area contributed by atoms with Crippen molar-refractivity contribution in [1.29, 1.82) is 0 Å². The molecule has 1 heterocycles. The van der Waals surface area contributed by atoms with Gasteiger partial charge >= 0.3 is 0 Å². The number of allylic oxidation sites excluding steroid dienone is 2. The van der Waals surface area contributed by atoms with E-state index in [1.165, 1.54) is 5.57 Å². The molecule has 0 unspecified atom stereocenters. The van der Waals surface area contributed by atoms with Crippen LogP contribution >= 0.6 is 0 Å². The van der Waals surface area contributed by atoms with Crippen molar-refractivity contribution in [3.63, 3.8) is 0 Å². The number of amides is 1. The zero-order valence-corrected chi connectivity index (χ0v) is 10.2. The number of fused-ring (bicyclic) bond motifs is 1. The molecule has 0 saturated heterocycles. The molecule has 0 radical (unpaired) electrons. The van der Waals surface area contributed by atoms with E-state index in [2.05, 4.69) is 13.5 Å². The molecule has 0 aromatic heterocycles. The van der Waals surface area contributed by atoms with Crippen molar-refractivity contribution in [3.8, 4) is 11.5 Å². The number of primary amides is 1. The van der Waals surface area contributed by atoms with Gasteiger partial charge in [0.2, 0.25) is 0 Å². The molecule has 94 valence electrons. The van der Waals surface area contributed by atoms with E-state index >= 15 is 0 Å². The number of nitrogens with two attached hydrogens (primary N) is 1. The molecule has 0 saturated carbocycles. The first-order valence-corrected chi connectivity index (χ1v) is 5.73. The molecule has 2 N–H and O–H groups in total. The van der Waals surface area contributed by atoms with Crippen molar-refractivity contribution in [1.82, 2.24) is 0 Å². The van der Waals surface area contributed by atoms with Crippen LogP contribution in [-0.2, 0) is 4.79 Å². The summed E-state index contributed by atoms with van der Waals surface area (Å²) >= 11 is 0. The first-order chi connectivity index (χ1) is 8.60. The van der Waals surface area contributed by atoms with E-state index in [1.54, 1.807) is 12.1 Å². The Morgan fingerprint density at radius 3 is 2.94 bits per heavy atom. The Bertz CT molecular complexity index is 532. The number of rotatable bonds is 4. The lowest BCUT2D eigenvalue weighted by atomic mass is 9.99. The van der Waals surface area contributed by atoms with E-state index in [0.29, 0.717) is 17.3 Å². The van der Waals surface area contributed by atoms with Gasteiger partial charge in [-0.1, -0.05) is 13.5 Å². The number of ether oxygens (including phenoxy) is 2. The highest BCUT2D eigenvalue weighted by molar-refractivity contribution is 5.76. The number of hydrogen-bond donors (Lipinski definition) is 1. The summed E-state index contributed by atoms with van der Waals surface area (Å²) in [6.07, 6.45) is 2.82. The van der Waals surface area contributed by atoms with Crippen molar-refractivity contribution < 1.29 is 14.3 Å². The molecule has 1 amide bonds. The van der Waals surface area contributed by atoms with Gasteiger partial charge in [0.1, 0.15) is 17.3 Å². The molecule has 0 aliphatic carbocycles. The number of carbonyl (C=O) groups is 1. The Kier molecular flexibility index (Phi) is 3.37. The van der Waals surface area contributed by atoms with Crippen molar-refractivity contribution >= 4 is 11.5 Å². The zero-order valence-electron chi connectivity index (χ0n) is 10.2. The second-order valence-corrected chi connectivity index (χ2v) is 4.00. The second-order valence-electron chi connectivity index (χ2n) is 4.00. The monoisotopic (exact) mass is 245 g/mol. The minimum absolute atomic E-state index is 0.143. The van der Waals surface area contributed by atoms with Crippen molar-refractivity contribution in [2.45, 2.75) is 13.3 Å². The Morgan fingerprint density at radius 2 is 2.28 bits per heavy atom. The fraction of sp³-hybridized carbons (Fsp3) is 0.214. The molecule has 1 aromatic rings. The summed E-state index contributed by atoms with van der Waals surface area (Å²) in [5.74, 6) is 1.35. The van der Waals surface area contributed by atoms with Gasteiger partial charge < -0.3 is 15.2 Å². The second kappa shape index (κ2) is 4.96. The fourth-order valence-electron chi connectivity index (χ4n) is 1.83. The third-order valence-corrected chi connectivity index (χ3v) is 2.64. The molecule has 0 fully saturated rings. The van der Waals surface area contributed by atoms with E-state index in [-0.39, 0.29) is 6.61 Å². The van der Waals surface area contributed by atoms with E-state index in [4.69, 9.17) is 15.2 Å². The van der Waals surface area contributed by atoms with Crippen LogP contribution < -0.4 is 15.2 Å². The van der Waals surface area contributed by atoms with Gasteiger partial charge in [0.25, 0.3) is 5.91 Å². The van der Waals surface area contributed by atoms with Crippen LogP contribution in [0.4, 0.5) is 0 Å². The predicted octanol–water partition coefficient (Wildman–Crippen LogP) is 2.25. The fourth-order valence-corrected chi connectivity index (χ4v) is 1.83. The summed E-state index contributed by atoms with van der Waals surface area (Å²) in [7, 11) is 0. The Morgan fingerprint density at radius 1 is 1.50 bits per heavy atom. The summed E-state index contributed by atoms with van der Waals surface area (Å²) in [4.78, 5) is 10.7. The Hall–Kier alpha value is -2.23. The zero-order chi connectivity index (χ0) is 13.1. The van der Waals surface area contributed by atoms with Gasteiger partial charge in [-0.15, -0.1) is 0 Å². The Balaban J connectivity index is 2.27. The molecular weight excluding hydrogens is 230 g/mol. The Labute approximate surface area is 106 Å². The summed E-state index contributed by atoms with van der Waals surface area (Å²) < 4.78 is 10.8. The maximum absolute atomic E-state index is 10.7. The van der Waals surface area contributed by atoms with Crippen LogP contribution in [-0.4, -0.2) is 12.5 Å². The smallest absolute Gasteiger partial charge is 0.255 e. The van der Waals surface area contributed by atoms with E-state index in [9.17, 15) is 4.79 Å². The van der Waals surface area contributed by atoms with Crippen LogP contribution in [0, 0.1) is 0 Å². The standard InChI is InChI=1S/C14H15NO3/c1-3-10-6-9(2)18-13-7-11(4-5-12(10)13)17-8-14(15)16/h4-7H,2-3,8H2,1H3,(H2,15,16). The molecule has 0 bridgehead atoms. The summed E-state index contributed by atoms with van der Waals surface area (Å²) in [5.41, 5.74) is 7.22. The van der Waals surface area contributed by atoms with Crippen LogP contribution in [0.3, 0.4) is 0 Å². The molecule has 1 aliphatic rings. The molecule has 0 atom stereocenters. The van der Waals surface area contributed by atoms with Crippen molar-refractivity contribution in [3.05, 3.63) is 42.2 Å². The van der Waals surface area contributed by atoms with E-state index < -0.39 is 5.91 Å². The van der Waals surface area contributed by atoms with Crippen LogP contribution in [0.15, 0.2) is 36.6 Å². The summed E-state index contributed by atoms with van der Waals surface area (Å²) in [5, 5.41) is 0. The van der Waals surface area contributed by atoms with Gasteiger partial charge in [0, 0.05) is 11.6 Å². The average Bonchev–Trinajstić information content (AvgIpc) is 2.34. The first kappa shape index (κ1) is 12.2. The number of carbonyl (C=O) groups excluding carboxylic acids is 1. The van der Waals surface area contributed by atoms with Crippen LogP contribution in [0.25, 0.3) is 5.57 Å². The summed E-state index contributed by atoms with van der Waals surface area (Å²) in [6, 6.07) is 5.45. The lowest BCUT2D eigenvalue weighted by Gasteiger charge is -2.19. The third-order valence-electron chi connectivity index (χ3n) is 2.64. The van der Waals surface area contributed by atoms with Crippen LogP contribution in [0.5, 0.6) is 11.5 Å². The van der Waals surface area contributed by atoms with Crippen molar-refractivity contribution in [2.75, 3.05) is 6.61 Å². The lowest BCUT2D eigenvalue weighted by Crippen LogP contribution is -2.20. The van der Waals surface area contributed by atoms with Gasteiger partial charge in [-0.3, -0.25) is 4.79 Å². The highest BCUT2D eigenvalue weighted by Gasteiger charge is 2.15. The van der Waals surface area contributed by atoms with Crippen molar-refractivity contribution in [2.24, 2.45) is 5.73 Å². The van der Waals surface area contributed by atoms with Gasteiger partial charge in [-0.25, -0.2) is 0 Å². The first-order valence-electron chi connectivity index (χ1n) is 5.73. The highest BCUT2D eigenvalue weighted by Crippen LogP contribution is 2.36. The third kappa shape index (κ3) is 2.53. The van der Waals surface area contributed by atoms with Gasteiger partial charge in [-0.05, 0) is 30.2 Å². The number of hydrogen-bond acceptors (Lipinski definition) is 3.